The molecule has 3 nitrogen and oxygen atoms in total. The van der Waals surface area contributed by atoms with Crippen LogP contribution in [0.25, 0.3) is 0 Å². The van der Waals surface area contributed by atoms with E-state index in [9.17, 15) is 9.18 Å². The Kier molecular flexibility index (Phi) is 3.35. The molecule has 3 rings (SSSR count). The molecule has 0 aliphatic carbocycles. The van der Waals surface area contributed by atoms with Gasteiger partial charge in [-0.05, 0) is 53.5 Å². The zero-order chi connectivity index (χ0) is 13.5. The topological polar surface area (TPSA) is 32.3 Å². The number of halogens is 2. The number of nitrogens with zero attached hydrogens (tertiary/aromatic N) is 1. The molecule has 0 aromatic heterocycles. The van der Waals surface area contributed by atoms with Gasteiger partial charge in [0.05, 0.1) is 5.56 Å². The molecule has 102 valence electrons. The number of rotatable bonds is 1. The molecule has 2 aliphatic heterocycles. The number of amides is 1. The lowest BCUT2D eigenvalue weighted by atomic mass is 9.86. The minimum Gasteiger partial charge on any atom is -0.338 e. The van der Waals surface area contributed by atoms with Crippen molar-refractivity contribution in [2.45, 2.75) is 12.8 Å². The molecule has 1 aromatic carbocycles. The van der Waals surface area contributed by atoms with Gasteiger partial charge in [-0.15, -0.1) is 0 Å². The Bertz CT molecular complexity index is 514. The number of likely N-dealkylation sites (tertiary alicyclic amines) is 1. The van der Waals surface area contributed by atoms with Gasteiger partial charge < -0.3 is 10.2 Å². The minimum absolute atomic E-state index is 0.0739. The summed E-state index contributed by atoms with van der Waals surface area (Å²) < 4.78 is 13.9. The molecule has 2 aliphatic rings. The highest BCUT2D eigenvalue weighted by Gasteiger charge is 2.42. The van der Waals surface area contributed by atoms with Crippen LogP contribution in [0.15, 0.2) is 22.7 Å². The molecule has 1 amide bonds. The van der Waals surface area contributed by atoms with E-state index in [4.69, 9.17) is 0 Å². The van der Waals surface area contributed by atoms with Crippen LogP contribution in [0.3, 0.4) is 0 Å². The van der Waals surface area contributed by atoms with Gasteiger partial charge in [0.1, 0.15) is 5.82 Å². The van der Waals surface area contributed by atoms with E-state index in [2.05, 4.69) is 21.2 Å². The predicted octanol–water partition coefficient (Wildman–Crippen LogP) is 2.41. The van der Waals surface area contributed by atoms with Crippen molar-refractivity contribution in [3.8, 4) is 0 Å². The Morgan fingerprint density at radius 2 is 2.26 bits per heavy atom. The number of carbonyl (C=O) groups is 1. The number of benzene rings is 1. The third-order valence-corrected chi connectivity index (χ3v) is 4.91. The van der Waals surface area contributed by atoms with Crippen LogP contribution in [0.2, 0.25) is 0 Å². The monoisotopic (exact) mass is 326 g/mol. The zero-order valence-electron chi connectivity index (χ0n) is 10.6. The molecular weight excluding hydrogens is 311 g/mol. The Morgan fingerprint density at radius 3 is 3.00 bits per heavy atom. The molecule has 2 fully saturated rings. The average molecular weight is 327 g/mol. The Morgan fingerprint density at radius 1 is 1.42 bits per heavy atom. The van der Waals surface area contributed by atoms with Gasteiger partial charge in [0.15, 0.2) is 0 Å². The highest BCUT2D eigenvalue weighted by Crippen LogP contribution is 2.37. The minimum atomic E-state index is -0.372. The van der Waals surface area contributed by atoms with Crippen molar-refractivity contribution in [1.29, 1.82) is 0 Å². The largest absolute Gasteiger partial charge is 0.338 e. The Balaban J connectivity index is 1.79. The number of carbonyl (C=O) groups excluding carboxylic acids is 1. The smallest absolute Gasteiger partial charge is 0.255 e. The van der Waals surface area contributed by atoms with Crippen LogP contribution >= 0.6 is 15.9 Å². The summed E-state index contributed by atoms with van der Waals surface area (Å²) in [5.74, 6) is -0.446. The van der Waals surface area contributed by atoms with Crippen LogP contribution in [-0.2, 0) is 0 Å². The highest BCUT2D eigenvalue weighted by molar-refractivity contribution is 9.10. The lowest BCUT2D eigenvalue weighted by molar-refractivity contribution is 0.0774. The summed E-state index contributed by atoms with van der Waals surface area (Å²) in [4.78, 5) is 14.3. The van der Waals surface area contributed by atoms with Gasteiger partial charge in [-0.3, -0.25) is 4.79 Å². The van der Waals surface area contributed by atoms with Gasteiger partial charge in [0, 0.05) is 29.5 Å². The summed E-state index contributed by atoms with van der Waals surface area (Å²) in [6.45, 7) is 3.57. The fourth-order valence-electron chi connectivity index (χ4n) is 3.08. The van der Waals surface area contributed by atoms with Crippen molar-refractivity contribution in [2.24, 2.45) is 5.41 Å². The maximum Gasteiger partial charge on any atom is 0.255 e. The molecule has 2 saturated heterocycles. The first-order valence-corrected chi connectivity index (χ1v) is 7.34. The van der Waals surface area contributed by atoms with Gasteiger partial charge in [-0.1, -0.05) is 0 Å². The van der Waals surface area contributed by atoms with Gasteiger partial charge in [-0.25, -0.2) is 4.39 Å². The van der Waals surface area contributed by atoms with Crippen molar-refractivity contribution >= 4 is 21.8 Å². The molecule has 5 heteroatoms. The number of nitrogens with one attached hydrogen (secondary N) is 1. The van der Waals surface area contributed by atoms with Gasteiger partial charge in [0.25, 0.3) is 5.91 Å². The Hall–Kier alpha value is -0.940. The van der Waals surface area contributed by atoms with Crippen molar-refractivity contribution in [2.75, 3.05) is 26.2 Å². The first-order valence-electron chi connectivity index (χ1n) is 6.55. The van der Waals surface area contributed by atoms with Crippen LogP contribution in [0.5, 0.6) is 0 Å². The molecule has 1 spiro atoms. The molecule has 1 aromatic rings. The molecule has 1 unspecified atom stereocenters. The summed E-state index contributed by atoms with van der Waals surface area (Å²) in [5, 5.41) is 3.37. The first-order chi connectivity index (χ1) is 9.10. The van der Waals surface area contributed by atoms with Crippen molar-refractivity contribution < 1.29 is 9.18 Å². The van der Waals surface area contributed by atoms with Gasteiger partial charge in [-0.2, -0.15) is 0 Å². The van der Waals surface area contributed by atoms with E-state index in [0.717, 1.165) is 39.0 Å². The van der Waals surface area contributed by atoms with E-state index in [-0.39, 0.29) is 17.1 Å². The van der Waals surface area contributed by atoms with Crippen LogP contribution in [0.1, 0.15) is 23.2 Å². The quantitative estimate of drug-likeness (QED) is 0.859. The molecule has 0 radical (unpaired) electrons. The second-order valence-electron chi connectivity index (χ2n) is 5.53. The third-order valence-electron chi connectivity index (χ3n) is 4.22. The predicted molar refractivity (Wildman–Crippen MR) is 74.5 cm³/mol. The van der Waals surface area contributed by atoms with Crippen LogP contribution in [0, 0.1) is 11.2 Å². The van der Waals surface area contributed by atoms with Crippen LogP contribution < -0.4 is 5.32 Å². The second-order valence-corrected chi connectivity index (χ2v) is 6.38. The molecule has 0 bridgehead atoms. The van der Waals surface area contributed by atoms with E-state index >= 15 is 0 Å². The van der Waals surface area contributed by atoms with E-state index in [1.165, 1.54) is 12.1 Å². The molecular formula is C14H16BrFN2O. The SMILES string of the molecule is O=C(c1cc(F)ccc1Br)N1CCC2(CCNC2)C1. The maximum absolute atomic E-state index is 13.3. The molecule has 2 heterocycles. The number of hydrogen-bond donors (Lipinski definition) is 1. The van der Waals surface area contributed by atoms with Gasteiger partial charge in [0.2, 0.25) is 0 Å². The second kappa shape index (κ2) is 4.87. The normalized spacial score (nSPS) is 26.3. The van der Waals surface area contributed by atoms with Crippen LogP contribution in [0.4, 0.5) is 4.39 Å². The maximum atomic E-state index is 13.3. The van der Waals surface area contributed by atoms with E-state index in [1.54, 1.807) is 6.07 Å². The van der Waals surface area contributed by atoms with E-state index in [1.807, 2.05) is 4.90 Å². The third kappa shape index (κ3) is 2.41. The summed E-state index contributed by atoms with van der Waals surface area (Å²) in [5.41, 5.74) is 0.665. The first kappa shape index (κ1) is 13.1. The summed E-state index contributed by atoms with van der Waals surface area (Å²) in [7, 11) is 0. The average Bonchev–Trinajstić information content (AvgIpc) is 3.03. The molecule has 1 atom stereocenters. The van der Waals surface area contributed by atoms with Crippen molar-refractivity contribution in [3.63, 3.8) is 0 Å². The fraction of sp³-hybridized carbons (Fsp3) is 0.500. The summed E-state index contributed by atoms with van der Waals surface area (Å²) >= 11 is 3.33. The number of hydrogen-bond acceptors (Lipinski definition) is 2. The lowest BCUT2D eigenvalue weighted by Crippen LogP contribution is -2.33. The van der Waals surface area contributed by atoms with Crippen molar-refractivity contribution in [3.05, 3.63) is 34.1 Å². The highest BCUT2D eigenvalue weighted by atomic mass is 79.9. The van der Waals surface area contributed by atoms with E-state index < -0.39 is 0 Å². The molecule has 1 N–H and O–H groups in total. The van der Waals surface area contributed by atoms with Crippen molar-refractivity contribution in [1.82, 2.24) is 10.2 Å². The summed E-state index contributed by atoms with van der Waals surface area (Å²) in [6, 6.07) is 4.25. The van der Waals surface area contributed by atoms with Gasteiger partial charge >= 0.3 is 0 Å². The van der Waals surface area contributed by atoms with Crippen LogP contribution in [-0.4, -0.2) is 37.0 Å². The van der Waals surface area contributed by atoms with E-state index in [0.29, 0.717) is 10.0 Å². The lowest BCUT2D eigenvalue weighted by Gasteiger charge is -2.23. The molecule has 0 saturated carbocycles. The summed E-state index contributed by atoms with van der Waals surface area (Å²) in [6.07, 6.45) is 2.17. The zero-order valence-corrected chi connectivity index (χ0v) is 12.2. The Labute approximate surface area is 120 Å². The standard InChI is InChI=1S/C14H16BrFN2O/c15-12-2-1-10(16)7-11(12)13(19)18-6-4-14(9-18)3-5-17-8-14/h1-2,7,17H,3-6,8-9H2. The molecule has 19 heavy (non-hydrogen) atoms. The fourth-order valence-corrected chi connectivity index (χ4v) is 3.50.